The summed E-state index contributed by atoms with van der Waals surface area (Å²) in [7, 11) is 0. The van der Waals surface area contributed by atoms with Gasteiger partial charge in [0.25, 0.3) is 0 Å². The lowest BCUT2D eigenvalue weighted by molar-refractivity contribution is -0.140. The maximum Gasteiger partial charge on any atom is 0.245 e. The minimum Gasteiger partial charge on any atom is -0.344 e. The molecular formula is C28H41N3O2. The molecule has 6 rings (SSSR count). The fourth-order valence-electron chi connectivity index (χ4n) is 7.81. The molecule has 0 spiro atoms. The third-order valence-electron chi connectivity index (χ3n) is 9.08. The molecule has 2 amide bonds. The van der Waals surface area contributed by atoms with Gasteiger partial charge in [-0.1, -0.05) is 31.2 Å². The van der Waals surface area contributed by atoms with Crippen LogP contribution in [0.5, 0.6) is 0 Å². The Bertz CT molecular complexity index is 838. The predicted molar refractivity (Wildman–Crippen MR) is 130 cm³/mol. The maximum atomic E-state index is 13.2. The topological polar surface area (TPSA) is 52.7 Å². The number of carbonyl (C=O) groups is 2. The average Bonchev–Trinajstić information content (AvgIpc) is 2.78. The first-order valence-corrected chi connectivity index (χ1v) is 13.3. The van der Waals surface area contributed by atoms with Crippen molar-refractivity contribution < 1.29 is 9.59 Å². The van der Waals surface area contributed by atoms with Gasteiger partial charge in [0, 0.05) is 39.1 Å². The normalized spacial score (nSPS) is 32.1. The van der Waals surface area contributed by atoms with Crippen LogP contribution in [-0.2, 0) is 16.1 Å². The Morgan fingerprint density at radius 2 is 1.61 bits per heavy atom. The van der Waals surface area contributed by atoms with Gasteiger partial charge in [-0.25, -0.2) is 0 Å². The van der Waals surface area contributed by atoms with Gasteiger partial charge >= 0.3 is 0 Å². The van der Waals surface area contributed by atoms with Gasteiger partial charge < -0.3 is 10.2 Å². The first kappa shape index (κ1) is 22.9. The molecule has 1 saturated heterocycles. The molecule has 4 bridgehead atoms. The molecule has 33 heavy (non-hydrogen) atoms. The van der Waals surface area contributed by atoms with Crippen LogP contribution in [0.2, 0.25) is 0 Å². The molecule has 180 valence electrons. The molecule has 5 nitrogen and oxygen atoms in total. The lowest BCUT2D eigenvalue weighted by atomic mass is 9.49. The number of hydrogen-bond acceptors (Lipinski definition) is 3. The van der Waals surface area contributed by atoms with Gasteiger partial charge in [-0.05, 0) is 86.2 Å². The predicted octanol–water partition coefficient (Wildman–Crippen LogP) is 4.14. The van der Waals surface area contributed by atoms with E-state index in [2.05, 4.69) is 41.4 Å². The number of amides is 2. The SMILES string of the molecule is CCC(NC(=O)CC12CC3CC(CC(C3)C1)C2)C(=O)N1CCN(Cc2ccccc2C)CC1. The van der Waals surface area contributed by atoms with Gasteiger partial charge in [0.05, 0.1) is 0 Å². The van der Waals surface area contributed by atoms with Crippen molar-refractivity contribution in [1.29, 1.82) is 0 Å². The fourth-order valence-corrected chi connectivity index (χ4v) is 7.81. The van der Waals surface area contributed by atoms with E-state index in [9.17, 15) is 9.59 Å². The summed E-state index contributed by atoms with van der Waals surface area (Å²) in [5.74, 6) is 2.76. The minimum atomic E-state index is -0.380. The molecule has 4 saturated carbocycles. The van der Waals surface area contributed by atoms with Crippen LogP contribution in [0.25, 0.3) is 0 Å². The van der Waals surface area contributed by atoms with E-state index in [0.717, 1.165) is 50.5 Å². The number of aryl methyl sites for hydroxylation is 1. The van der Waals surface area contributed by atoms with Gasteiger partial charge in [-0.2, -0.15) is 0 Å². The Labute approximate surface area is 199 Å². The highest BCUT2D eigenvalue weighted by Gasteiger charge is 2.51. The van der Waals surface area contributed by atoms with Gasteiger partial charge in [0.15, 0.2) is 0 Å². The summed E-state index contributed by atoms with van der Waals surface area (Å²) in [5, 5.41) is 3.15. The van der Waals surface area contributed by atoms with Crippen LogP contribution >= 0.6 is 0 Å². The summed E-state index contributed by atoms with van der Waals surface area (Å²) in [5.41, 5.74) is 2.91. The second kappa shape index (κ2) is 9.40. The Morgan fingerprint density at radius 1 is 1.00 bits per heavy atom. The number of carbonyl (C=O) groups excluding carboxylic acids is 2. The van der Waals surface area contributed by atoms with E-state index in [1.54, 1.807) is 0 Å². The monoisotopic (exact) mass is 451 g/mol. The summed E-state index contributed by atoms with van der Waals surface area (Å²) >= 11 is 0. The molecule has 5 fully saturated rings. The highest BCUT2D eigenvalue weighted by atomic mass is 16.2. The zero-order valence-electron chi connectivity index (χ0n) is 20.5. The van der Waals surface area contributed by atoms with E-state index in [1.807, 2.05) is 11.8 Å². The van der Waals surface area contributed by atoms with Gasteiger partial charge in [-0.3, -0.25) is 14.5 Å². The van der Waals surface area contributed by atoms with E-state index in [4.69, 9.17) is 0 Å². The van der Waals surface area contributed by atoms with Crippen molar-refractivity contribution in [2.45, 2.75) is 77.8 Å². The first-order valence-electron chi connectivity index (χ1n) is 13.3. The van der Waals surface area contributed by atoms with Gasteiger partial charge in [-0.15, -0.1) is 0 Å². The Kier molecular flexibility index (Phi) is 6.52. The largest absolute Gasteiger partial charge is 0.344 e. The quantitative estimate of drug-likeness (QED) is 0.678. The van der Waals surface area contributed by atoms with Crippen LogP contribution in [-0.4, -0.2) is 53.8 Å². The second-order valence-electron chi connectivity index (χ2n) is 11.7. The third kappa shape index (κ3) is 4.99. The molecule has 1 aromatic rings. The second-order valence-corrected chi connectivity index (χ2v) is 11.7. The van der Waals surface area contributed by atoms with Crippen LogP contribution in [0.3, 0.4) is 0 Å². The smallest absolute Gasteiger partial charge is 0.245 e. The molecule has 1 aromatic carbocycles. The number of hydrogen-bond donors (Lipinski definition) is 1. The zero-order chi connectivity index (χ0) is 23.0. The van der Waals surface area contributed by atoms with Crippen molar-refractivity contribution >= 4 is 11.8 Å². The van der Waals surface area contributed by atoms with Crippen LogP contribution in [0.15, 0.2) is 24.3 Å². The van der Waals surface area contributed by atoms with Crippen LogP contribution < -0.4 is 5.32 Å². The van der Waals surface area contributed by atoms with Crippen LogP contribution in [0.1, 0.15) is 69.4 Å². The first-order chi connectivity index (χ1) is 15.9. The molecule has 5 heteroatoms. The van der Waals surface area contributed by atoms with E-state index >= 15 is 0 Å². The van der Waals surface area contributed by atoms with Crippen molar-refractivity contribution in [2.75, 3.05) is 26.2 Å². The molecular weight excluding hydrogens is 410 g/mol. The molecule has 1 aliphatic heterocycles. The van der Waals surface area contributed by atoms with Gasteiger partial charge in [0.1, 0.15) is 6.04 Å². The molecule has 5 aliphatic rings. The third-order valence-corrected chi connectivity index (χ3v) is 9.08. The molecule has 4 aliphatic carbocycles. The van der Waals surface area contributed by atoms with E-state index in [1.165, 1.54) is 49.7 Å². The fraction of sp³-hybridized carbons (Fsp3) is 0.714. The Balaban J connectivity index is 1.12. The standard InChI is InChI=1S/C28H41N3O2/c1-3-25(29-26(32)18-28-15-21-12-22(16-28)14-23(13-21)17-28)27(33)31-10-8-30(9-11-31)19-24-7-5-4-6-20(24)2/h4-7,21-23,25H,3,8-19H2,1-2H3,(H,29,32). The van der Waals surface area contributed by atoms with Crippen LogP contribution in [0, 0.1) is 30.1 Å². The number of nitrogens with one attached hydrogen (secondary N) is 1. The number of nitrogens with zero attached hydrogens (tertiary/aromatic N) is 2. The maximum absolute atomic E-state index is 13.2. The zero-order valence-corrected chi connectivity index (χ0v) is 20.5. The summed E-state index contributed by atoms with van der Waals surface area (Å²) < 4.78 is 0. The van der Waals surface area contributed by atoms with Crippen molar-refractivity contribution in [2.24, 2.45) is 23.2 Å². The lowest BCUT2D eigenvalue weighted by Gasteiger charge is -2.56. The Hall–Kier alpha value is -1.88. The lowest BCUT2D eigenvalue weighted by Crippen LogP contribution is -2.55. The number of piperazine rings is 1. The molecule has 1 atom stereocenters. The van der Waals surface area contributed by atoms with Crippen molar-refractivity contribution in [3.05, 3.63) is 35.4 Å². The summed E-state index contributed by atoms with van der Waals surface area (Å²) in [4.78, 5) is 30.7. The van der Waals surface area contributed by atoms with Crippen molar-refractivity contribution in [1.82, 2.24) is 15.1 Å². The van der Waals surface area contributed by atoms with E-state index in [-0.39, 0.29) is 23.3 Å². The highest BCUT2D eigenvalue weighted by Crippen LogP contribution is 2.61. The minimum absolute atomic E-state index is 0.104. The summed E-state index contributed by atoms with van der Waals surface area (Å²) in [6.45, 7) is 8.37. The molecule has 1 N–H and O–H groups in total. The summed E-state index contributed by atoms with van der Waals surface area (Å²) in [6.07, 6.45) is 9.19. The molecule has 0 radical (unpaired) electrons. The summed E-state index contributed by atoms with van der Waals surface area (Å²) in [6, 6.07) is 8.15. The molecule has 1 heterocycles. The van der Waals surface area contributed by atoms with Crippen molar-refractivity contribution in [3.8, 4) is 0 Å². The number of rotatable bonds is 7. The van der Waals surface area contributed by atoms with Gasteiger partial charge in [0.2, 0.25) is 11.8 Å². The molecule has 0 aromatic heterocycles. The Morgan fingerprint density at radius 3 is 2.18 bits per heavy atom. The van der Waals surface area contributed by atoms with E-state index < -0.39 is 0 Å². The van der Waals surface area contributed by atoms with E-state index in [0.29, 0.717) is 12.8 Å². The highest BCUT2D eigenvalue weighted by molar-refractivity contribution is 5.88. The van der Waals surface area contributed by atoms with Crippen LogP contribution in [0.4, 0.5) is 0 Å². The average molecular weight is 452 g/mol. The molecule has 1 unspecified atom stereocenters. The van der Waals surface area contributed by atoms with Crippen molar-refractivity contribution in [3.63, 3.8) is 0 Å². The number of benzene rings is 1.